The Balaban J connectivity index is 2.07. The van der Waals surface area contributed by atoms with Crippen molar-refractivity contribution >= 4 is 35.0 Å². The third kappa shape index (κ3) is 5.66. The zero-order valence-electron chi connectivity index (χ0n) is 18.3. The minimum absolute atomic E-state index is 0.596. The lowest BCUT2D eigenvalue weighted by Crippen LogP contribution is -2.27. The maximum Gasteiger partial charge on any atom is 0.313 e. The molecule has 0 fully saturated rings. The molecular formula is C25H29ClN2O2S. The number of aromatic nitrogens is 2. The van der Waals surface area contributed by atoms with Crippen LogP contribution >= 0.6 is 22.9 Å². The van der Waals surface area contributed by atoms with Gasteiger partial charge in [-0.3, -0.25) is 4.79 Å². The Labute approximate surface area is 193 Å². The van der Waals surface area contributed by atoms with Crippen molar-refractivity contribution in [3.05, 3.63) is 80.5 Å². The topological polar surface area (TPSA) is 55.1 Å². The van der Waals surface area contributed by atoms with Crippen LogP contribution in [0, 0.1) is 5.41 Å². The molecule has 31 heavy (non-hydrogen) atoms. The van der Waals surface area contributed by atoms with Crippen molar-refractivity contribution in [2.45, 2.75) is 53.0 Å². The number of hydrogen-bond donors (Lipinski definition) is 1. The molecule has 1 N–H and O–H groups in total. The molecule has 4 nitrogen and oxygen atoms in total. The molecule has 0 aliphatic rings. The van der Waals surface area contributed by atoms with Gasteiger partial charge in [0.2, 0.25) is 0 Å². The van der Waals surface area contributed by atoms with Crippen molar-refractivity contribution in [2.24, 2.45) is 5.41 Å². The maximum atomic E-state index is 12.1. The van der Waals surface area contributed by atoms with Crippen LogP contribution in [0.1, 0.15) is 55.6 Å². The van der Waals surface area contributed by atoms with E-state index in [0.717, 1.165) is 51.8 Å². The van der Waals surface area contributed by atoms with Crippen LogP contribution in [-0.4, -0.2) is 20.6 Å². The zero-order valence-corrected chi connectivity index (χ0v) is 19.8. The molecule has 0 saturated carbocycles. The van der Waals surface area contributed by atoms with E-state index in [9.17, 15) is 9.90 Å². The Morgan fingerprint density at radius 1 is 1.26 bits per heavy atom. The van der Waals surface area contributed by atoms with Gasteiger partial charge in [0.25, 0.3) is 0 Å². The van der Waals surface area contributed by atoms with Crippen molar-refractivity contribution in [2.75, 3.05) is 0 Å². The van der Waals surface area contributed by atoms with E-state index in [4.69, 9.17) is 11.6 Å². The predicted molar refractivity (Wildman–Crippen MR) is 129 cm³/mol. The predicted octanol–water partition coefficient (Wildman–Crippen LogP) is 6.73. The van der Waals surface area contributed by atoms with Crippen molar-refractivity contribution in [3.8, 4) is 0 Å². The van der Waals surface area contributed by atoms with Crippen LogP contribution in [0.4, 0.5) is 0 Å². The van der Waals surface area contributed by atoms with Gasteiger partial charge in [0, 0.05) is 22.7 Å². The van der Waals surface area contributed by atoms with E-state index in [1.807, 2.05) is 54.1 Å². The van der Waals surface area contributed by atoms with E-state index < -0.39 is 11.4 Å². The van der Waals surface area contributed by atoms with Crippen molar-refractivity contribution in [1.82, 2.24) is 9.55 Å². The number of halogens is 1. The minimum atomic E-state index is -0.993. The number of carboxylic acid groups (broad SMARTS) is 1. The number of rotatable bonds is 10. The van der Waals surface area contributed by atoms with Gasteiger partial charge in [-0.1, -0.05) is 49.2 Å². The first kappa shape index (κ1) is 23.3. The highest BCUT2D eigenvalue weighted by Crippen LogP contribution is 2.33. The van der Waals surface area contributed by atoms with Crippen LogP contribution < -0.4 is 0 Å². The summed E-state index contributed by atoms with van der Waals surface area (Å²) < 4.78 is 2.17. The third-order valence-corrected chi connectivity index (χ3v) is 6.86. The molecule has 0 aliphatic heterocycles. The molecular weight excluding hydrogens is 428 g/mol. The Bertz CT molecular complexity index is 1050. The van der Waals surface area contributed by atoms with Crippen molar-refractivity contribution in [1.29, 1.82) is 0 Å². The van der Waals surface area contributed by atoms with Gasteiger partial charge >= 0.3 is 5.97 Å². The Kier molecular flexibility index (Phi) is 7.74. The second-order valence-electron chi connectivity index (χ2n) is 8.24. The van der Waals surface area contributed by atoms with E-state index in [1.54, 1.807) is 25.2 Å². The first-order valence-electron chi connectivity index (χ1n) is 10.6. The lowest BCUT2D eigenvalue weighted by Gasteiger charge is -2.24. The first-order chi connectivity index (χ1) is 14.8. The fraction of sp³-hybridized carbons (Fsp3) is 0.360. The molecule has 3 rings (SSSR count). The molecule has 0 spiro atoms. The fourth-order valence-corrected chi connectivity index (χ4v) is 4.35. The monoisotopic (exact) mass is 456 g/mol. The third-order valence-electron chi connectivity index (χ3n) is 5.61. The first-order valence-corrected chi connectivity index (χ1v) is 11.8. The highest BCUT2D eigenvalue weighted by molar-refractivity contribution is 7.09. The fourth-order valence-electron chi connectivity index (χ4n) is 3.43. The van der Waals surface area contributed by atoms with E-state index in [-0.39, 0.29) is 0 Å². The Morgan fingerprint density at radius 3 is 2.68 bits per heavy atom. The quantitative estimate of drug-likeness (QED) is 0.368. The van der Waals surface area contributed by atoms with E-state index in [2.05, 4.69) is 16.5 Å². The van der Waals surface area contributed by atoms with Crippen LogP contribution in [0.15, 0.2) is 53.5 Å². The molecule has 164 valence electrons. The van der Waals surface area contributed by atoms with Gasteiger partial charge in [0.1, 0.15) is 5.82 Å². The Hall–Kier alpha value is -2.37. The average Bonchev–Trinajstić information content (AvgIpc) is 3.38. The summed E-state index contributed by atoms with van der Waals surface area (Å²) in [4.78, 5) is 17.9. The summed E-state index contributed by atoms with van der Waals surface area (Å²) in [7, 11) is 0. The molecule has 0 radical (unpaired) electrons. The smallest absolute Gasteiger partial charge is 0.313 e. The van der Waals surface area contributed by atoms with Crippen LogP contribution in [0.2, 0.25) is 5.02 Å². The van der Waals surface area contributed by atoms with E-state index >= 15 is 0 Å². The number of nitrogens with zero attached hydrogens (tertiary/aromatic N) is 2. The summed E-state index contributed by atoms with van der Waals surface area (Å²) in [6.07, 6.45) is 7.46. The van der Waals surface area contributed by atoms with Gasteiger partial charge in [-0.2, -0.15) is 0 Å². The van der Waals surface area contributed by atoms with Crippen LogP contribution in [0.25, 0.3) is 6.08 Å². The SMILES string of the molecule is CCCCc1ncc(C=C(Cc2cccs2)C(C)(C)C(=O)O)n1Cc1ccccc1Cl. The molecule has 6 heteroatoms. The maximum absolute atomic E-state index is 12.1. The van der Waals surface area contributed by atoms with Gasteiger partial charge in [0.05, 0.1) is 23.9 Å². The summed E-state index contributed by atoms with van der Waals surface area (Å²) in [5, 5.41) is 12.6. The van der Waals surface area contributed by atoms with Gasteiger partial charge in [-0.05, 0) is 55.0 Å². The molecule has 1 aromatic carbocycles. The Morgan fingerprint density at radius 2 is 2.03 bits per heavy atom. The van der Waals surface area contributed by atoms with Crippen LogP contribution in [0.5, 0.6) is 0 Å². The number of benzene rings is 1. The number of unbranched alkanes of at least 4 members (excludes halogenated alkanes) is 1. The molecule has 0 bridgehead atoms. The van der Waals surface area contributed by atoms with Crippen LogP contribution in [0.3, 0.4) is 0 Å². The molecule has 3 aromatic rings. The highest BCUT2D eigenvalue weighted by Gasteiger charge is 2.32. The minimum Gasteiger partial charge on any atom is -0.481 e. The van der Waals surface area contributed by atoms with Crippen molar-refractivity contribution in [3.63, 3.8) is 0 Å². The summed E-state index contributed by atoms with van der Waals surface area (Å²) in [5.41, 5.74) is 1.79. The lowest BCUT2D eigenvalue weighted by atomic mass is 9.81. The number of hydrogen-bond acceptors (Lipinski definition) is 3. The molecule has 2 heterocycles. The molecule has 0 amide bonds. The number of aryl methyl sites for hydroxylation is 1. The normalized spacial score (nSPS) is 12.3. The van der Waals surface area contributed by atoms with Gasteiger partial charge in [-0.25, -0.2) is 4.98 Å². The average molecular weight is 457 g/mol. The van der Waals surface area contributed by atoms with Gasteiger partial charge in [-0.15, -0.1) is 11.3 Å². The molecule has 2 aromatic heterocycles. The van der Waals surface area contributed by atoms with E-state index in [0.29, 0.717) is 13.0 Å². The van der Waals surface area contributed by atoms with Crippen LogP contribution in [-0.2, 0) is 24.2 Å². The number of aliphatic carboxylic acids is 1. The zero-order chi connectivity index (χ0) is 22.4. The lowest BCUT2D eigenvalue weighted by molar-refractivity contribution is -0.144. The molecule has 0 saturated heterocycles. The standard InChI is InChI=1S/C25H29ClN2O2S/c1-4-5-12-23-27-16-20(28(23)17-18-9-6-7-11-22(18)26)14-19(25(2,3)24(29)30)15-21-10-8-13-31-21/h6-11,13-14,16H,4-5,12,15,17H2,1-3H3,(H,29,30). The summed E-state index contributed by atoms with van der Waals surface area (Å²) in [5.74, 6) is 0.162. The molecule has 0 unspecified atom stereocenters. The number of thiophene rings is 1. The highest BCUT2D eigenvalue weighted by atomic mass is 35.5. The number of carboxylic acids is 1. The largest absolute Gasteiger partial charge is 0.481 e. The second-order valence-corrected chi connectivity index (χ2v) is 9.68. The van der Waals surface area contributed by atoms with Gasteiger partial charge in [0.15, 0.2) is 0 Å². The van der Waals surface area contributed by atoms with Gasteiger partial charge < -0.3 is 9.67 Å². The molecule has 0 aliphatic carbocycles. The van der Waals surface area contributed by atoms with E-state index in [1.165, 1.54) is 0 Å². The summed E-state index contributed by atoms with van der Waals surface area (Å²) in [6.45, 7) is 6.30. The second kappa shape index (κ2) is 10.3. The number of carbonyl (C=O) groups is 1. The number of imidazole rings is 1. The van der Waals surface area contributed by atoms with Crippen molar-refractivity contribution < 1.29 is 9.90 Å². The summed E-state index contributed by atoms with van der Waals surface area (Å²) >= 11 is 8.08. The molecule has 0 atom stereocenters. The summed E-state index contributed by atoms with van der Waals surface area (Å²) in [6, 6.07) is 11.9.